The van der Waals surface area contributed by atoms with Crippen molar-refractivity contribution in [3.05, 3.63) is 64.5 Å². The maximum absolute atomic E-state index is 12.1. The third-order valence-electron chi connectivity index (χ3n) is 3.24. The second kappa shape index (κ2) is 7.85. The van der Waals surface area contributed by atoms with Gasteiger partial charge in [-0.2, -0.15) is 0 Å². The smallest absolute Gasteiger partial charge is 0.269 e. The third kappa shape index (κ3) is 4.29. The number of amides is 1. The number of rotatable bonds is 5. The van der Waals surface area contributed by atoms with Gasteiger partial charge in [0.1, 0.15) is 17.8 Å². The number of anilines is 4. The summed E-state index contributed by atoms with van der Waals surface area (Å²) >= 11 is 11.7. The summed E-state index contributed by atoms with van der Waals surface area (Å²) in [6.07, 6.45) is 2.79. The number of hydrogen-bond acceptors (Lipinski definition) is 7. The summed E-state index contributed by atoms with van der Waals surface area (Å²) in [5, 5.41) is 3.92. The highest BCUT2D eigenvalue weighted by Crippen LogP contribution is 2.24. The van der Waals surface area contributed by atoms with Crippen molar-refractivity contribution < 1.29 is 4.79 Å². The van der Waals surface area contributed by atoms with Gasteiger partial charge in [0, 0.05) is 16.8 Å². The van der Waals surface area contributed by atoms with Crippen LogP contribution in [-0.2, 0) is 0 Å². The van der Waals surface area contributed by atoms with Crippen molar-refractivity contribution in [3.8, 4) is 0 Å². The number of carbonyl (C=O) groups is 1. The number of nitrogens with zero attached hydrogens (tertiary/aromatic N) is 3. The fourth-order valence-electron chi connectivity index (χ4n) is 1.98. The van der Waals surface area contributed by atoms with Crippen molar-refractivity contribution in [1.29, 1.82) is 0 Å². The summed E-state index contributed by atoms with van der Waals surface area (Å²) < 4.78 is 0. The van der Waals surface area contributed by atoms with Crippen LogP contribution >= 0.6 is 23.2 Å². The number of nitrogens with one attached hydrogen (secondary N) is 3. The molecule has 1 aromatic carbocycles. The topological polar surface area (TPSA) is 118 Å². The quantitative estimate of drug-likeness (QED) is 0.494. The number of nitrogen functional groups attached to an aromatic ring is 1. The molecule has 2 heterocycles. The van der Waals surface area contributed by atoms with Crippen LogP contribution in [0, 0.1) is 0 Å². The molecule has 0 bridgehead atoms. The summed E-state index contributed by atoms with van der Waals surface area (Å²) in [6, 6.07) is 9.89. The van der Waals surface area contributed by atoms with Crippen molar-refractivity contribution in [2.45, 2.75) is 0 Å². The van der Waals surface area contributed by atoms with E-state index in [1.165, 1.54) is 12.5 Å². The monoisotopic (exact) mass is 389 g/mol. The molecule has 2 aromatic heterocycles. The predicted octanol–water partition coefficient (Wildman–Crippen LogP) is 3.26. The van der Waals surface area contributed by atoms with Gasteiger partial charge < -0.3 is 11.1 Å². The summed E-state index contributed by atoms with van der Waals surface area (Å²) in [7, 11) is 0. The van der Waals surface area contributed by atoms with Crippen LogP contribution in [0.5, 0.6) is 0 Å². The first-order chi connectivity index (χ1) is 12.5. The van der Waals surface area contributed by atoms with E-state index in [1.807, 2.05) is 0 Å². The fourth-order valence-corrected chi connectivity index (χ4v) is 2.29. The molecule has 0 saturated heterocycles. The minimum Gasteiger partial charge on any atom is -0.393 e. The summed E-state index contributed by atoms with van der Waals surface area (Å²) in [5.74, 6) is 0.675. The Kier molecular flexibility index (Phi) is 5.35. The molecule has 0 aliphatic rings. The van der Waals surface area contributed by atoms with E-state index in [0.29, 0.717) is 27.2 Å². The fraction of sp³-hybridized carbons (Fsp3) is 0. The van der Waals surface area contributed by atoms with Crippen molar-refractivity contribution in [1.82, 2.24) is 20.4 Å². The highest BCUT2D eigenvalue weighted by atomic mass is 35.5. The zero-order valence-electron chi connectivity index (χ0n) is 13.2. The van der Waals surface area contributed by atoms with Crippen LogP contribution in [0.4, 0.5) is 23.1 Å². The number of aromatic nitrogens is 3. The number of benzene rings is 1. The predicted molar refractivity (Wildman–Crippen MR) is 102 cm³/mol. The first-order valence-corrected chi connectivity index (χ1v) is 8.09. The van der Waals surface area contributed by atoms with Gasteiger partial charge in [-0.25, -0.2) is 15.0 Å². The Balaban J connectivity index is 1.70. The second-order valence-corrected chi connectivity index (χ2v) is 5.93. The number of carbonyl (C=O) groups excluding carboxylic acids is 1. The Bertz CT molecular complexity index is 934. The number of nitrogens with two attached hydrogens (primary N) is 1. The molecular formula is C16H13Cl2N7O. The van der Waals surface area contributed by atoms with Crippen molar-refractivity contribution >= 4 is 52.3 Å². The minimum atomic E-state index is -0.389. The molecule has 3 rings (SSSR count). The highest BCUT2D eigenvalue weighted by molar-refractivity contribution is 6.31. The lowest BCUT2D eigenvalue weighted by atomic mass is 10.2. The third-order valence-corrected chi connectivity index (χ3v) is 3.70. The van der Waals surface area contributed by atoms with Crippen molar-refractivity contribution in [2.24, 2.45) is 0 Å². The molecule has 0 atom stereocenters. The average molecular weight is 390 g/mol. The van der Waals surface area contributed by atoms with E-state index in [0.717, 1.165) is 0 Å². The van der Waals surface area contributed by atoms with Gasteiger partial charge >= 0.3 is 0 Å². The molecule has 10 heteroatoms. The van der Waals surface area contributed by atoms with Crippen LogP contribution < -0.4 is 21.9 Å². The van der Waals surface area contributed by atoms with Gasteiger partial charge in [0.2, 0.25) is 0 Å². The molecule has 8 nitrogen and oxygen atoms in total. The minimum absolute atomic E-state index is 0.204. The van der Waals surface area contributed by atoms with E-state index >= 15 is 0 Å². The molecule has 0 spiro atoms. The number of halogens is 2. The summed E-state index contributed by atoms with van der Waals surface area (Å²) in [6.45, 7) is 0. The molecule has 26 heavy (non-hydrogen) atoms. The van der Waals surface area contributed by atoms with E-state index in [2.05, 4.69) is 31.1 Å². The molecular weight excluding hydrogens is 377 g/mol. The lowest BCUT2D eigenvalue weighted by Crippen LogP contribution is -2.30. The van der Waals surface area contributed by atoms with Crippen molar-refractivity contribution in [3.63, 3.8) is 0 Å². The van der Waals surface area contributed by atoms with Crippen LogP contribution in [0.1, 0.15) is 10.4 Å². The first kappa shape index (κ1) is 17.7. The summed E-state index contributed by atoms with van der Waals surface area (Å²) in [5.41, 5.74) is 11.8. The first-order valence-electron chi connectivity index (χ1n) is 7.34. The largest absolute Gasteiger partial charge is 0.393 e. The molecule has 5 N–H and O–H groups in total. The molecule has 0 fully saturated rings. The van der Waals surface area contributed by atoms with Crippen LogP contribution in [0.2, 0.25) is 10.0 Å². The molecule has 0 radical (unpaired) electrons. The van der Waals surface area contributed by atoms with E-state index < -0.39 is 0 Å². The molecule has 0 aliphatic carbocycles. The summed E-state index contributed by atoms with van der Waals surface area (Å²) in [4.78, 5) is 24.3. The second-order valence-electron chi connectivity index (χ2n) is 5.06. The number of pyridine rings is 1. The van der Waals surface area contributed by atoms with Crippen LogP contribution in [0.3, 0.4) is 0 Å². The van der Waals surface area contributed by atoms with Crippen LogP contribution in [0.15, 0.2) is 48.9 Å². The molecule has 0 unspecified atom stereocenters. The van der Waals surface area contributed by atoms with Gasteiger partial charge in [0.05, 0.1) is 5.02 Å². The Morgan fingerprint density at radius 3 is 2.54 bits per heavy atom. The van der Waals surface area contributed by atoms with E-state index in [4.69, 9.17) is 28.9 Å². The Labute approximate surface area is 158 Å². The van der Waals surface area contributed by atoms with Crippen LogP contribution in [0.25, 0.3) is 0 Å². The van der Waals surface area contributed by atoms with Gasteiger partial charge in [-0.05, 0) is 30.3 Å². The Hall–Kier alpha value is -3.10. The number of hydrogen-bond donors (Lipinski definition) is 4. The van der Waals surface area contributed by atoms with Gasteiger partial charge in [-0.15, -0.1) is 0 Å². The molecule has 1 amide bonds. The van der Waals surface area contributed by atoms with E-state index in [9.17, 15) is 4.79 Å². The van der Waals surface area contributed by atoms with E-state index in [1.54, 1.807) is 36.4 Å². The Morgan fingerprint density at radius 1 is 1.00 bits per heavy atom. The molecule has 132 valence electrons. The van der Waals surface area contributed by atoms with Crippen molar-refractivity contribution in [2.75, 3.05) is 16.5 Å². The number of hydrazine groups is 1. The lowest BCUT2D eigenvalue weighted by Gasteiger charge is -2.13. The molecule has 3 aromatic rings. The SMILES string of the molecule is Nc1c(NNC(=O)c2cccc(Cl)c2)ncnc1Nc1ccc(Cl)cn1. The highest BCUT2D eigenvalue weighted by Gasteiger charge is 2.11. The standard InChI is InChI=1S/C16H13Cl2N7O/c17-10-3-1-2-9(6-10)16(26)25-24-15-13(19)14(21-8-22-15)23-12-5-4-11(18)7-20-12/h1-8H,19H2,(H,25,26)(H2,20,21,22,23,24). The van der Waals surface area contributed by atoms with Gasteiger partial charge in [-0.1, -0.05) is 29.3 Å². The average Bonchev–Trinajstić information content (AvgIpc) is 2.64. The van der Waals surface area contributed by atoms with Gasteiger partial charge in [0.15, 0.2) is 11.6 Å². The molecule has 0 aliphatic heterocycles. The zero-order chi connectivity index (χ0) is 18.5. The maximum Gasteiger partial charge on any atom is 0.269 e. The zero-order valence-corrected chi connectivity index (χ0v) is 14.7. The molecule has 0 saturated carbocycles. The lowest BCUT2D eigenvalue weighted by molar-refractivity contribution is 0.0962. The van der Waals surface area contributed by atoms with E-state index in [-0.39, 0.29) is 17.4 Å². The normalized spacial score (nSPS) is 10.2. The Morgan fingerprint density at radius 2 is 1.81 bits per heavy atom. The van der Waals surface area contributed by atoms with Crippen LogP contribution in [-0.4, -0.2) is 20.9 Å². The van der Waals surface area contributed by atoms with Gasteiger partial charge in [0.25, 0.3) is 5.91 Å². The van der Waals surface area contributed by atoms with Gasteiger partial charge in [-0.3, -0.25) is 15.6 Å². The maximum atomic E-state index is 12.1.